The molecule has 1 aliphatic carbocycles. The van der Waals surface area contributed by atoms with E-state index in [1.54, 1.807) is 12.3 Å². The molecule has 2 aliphatic rings. The zero-order chi connectivity index (χ0) is 16.7. The Morgan fingerprint density at radius 1 is 1.25 bits per heavy atom. The van der Waals surface area contributed by atoms with E-state index < -0.39 is 5.41 Å². The van der Waals surface area contributed by atoms with Gasteiger partial charge in [-0.25, -0.2) is 4.39 Å². The van der Waals surface area contributed by atoms with E-state index in [1.165, 1.54) is 6.20 Å². The average Bonchev–Trinajstić information content (AvgIpc) is 3.26. The van der Waals surface area contributed by atoms with Gasteiger partial charge in [0.1, 0.15) is 5.82 Å². The molecule has 1 aliphatic heterocycles. The van der Waals surface area contributed by atoms with Crippen LogP contribution < -0.4 is 0 Å². The van der Waals surface area contributed by atoms with Crippen LogP contribution in [0.15, 0.2) is 42.7 Å². The smallest absolute Gasteiger partial charge is 0.233 e. The summed E-state index contributed by atoms with van der Waals surface area (Å²) in [6.45, 7) is 1.26. The number of halogens is 2. The van der Waals surface area contributed by atoms with Crippen LogP contribution in [0, 0.1) is 5.82 Å². The van der Waals surface area contributed by atoms with E-state index in [0.717, 1.165) is 24.8 Å². The molecule has 2 fully saturated rings. The fourth-order valence-electron chi connectivity index (χ4n) is 3.74. The van der Waals surface area contributed by atoms with Crippen molar-refractivity contribution in [3.8, 4) is 0 Å². The van der Waals surface area contributed by atoms with Crippen molar-refractivity contribution in [2.45, 2.75) is 30.6 Å². The second-order valence-corrected chi connectivity index (χ2v) is 7.16. The predicted molar refractivity (Wildman–Crippen MR) is 90.5 cm³/mol. The average molecular weight is 345 g/mol. The highest BCUT2D eigenvalue weighted by Gasteiger charge is 2.53. The minimum atomic E-state index is -0.393. The van der Waals surface area contributed by atoms with Gasteiger partial charge in [-0.1, -0.05) is 23.7 Å². The number of hydrogen-bond donors (Lipinski definition) is 0. The number of carbonyl (C=O) groups is 1. The van der Waals surface area contributed by atoms with Crippen LogP contribution in [0.25, 0.3) is 0 Å². The second kappa shape index (κ2) is 5.85. The highest BCUT2D eigenvalue weighted by molar-refractivity contribution is 6.30. The van der Waals surface area contributed by atoms with Gasteiger partial charge in [-0.15, -0.1) is 0 Å². The molecule has 4 rings (SSSR count). The highest BCUT2D eigenvalue weighted by Crippen LogP contribution is 2.50. The Labute approximate surface area is 145 Å². The van der Waals surface area contributed by atoms with Gasteiger partial charge in [0.2, 0.25) is 5.91 Å². The van der Waals surface area contributed by atoms with E-state index in [4.69, 9.17) is 11.6 Å². The van der Waals surface area contributed by atoms with Gasteiger partial charge in [-0.2, -0.15) is 0 Å². The van der Waals surface area contributed by atoms with Crippen molar-refractivity contribution in [3.63, 3.8) is 0 Å². The van der Waals surface area contributed by atoms with E-state index in [0.29, 0.717) is 23.7 Å². The molecule has 0 bridgehead atoms. The van der Waals surface area contributed by atoms with Gasteiger partial charge in [0.15, 0.2) is 0 Å². The van der Waals surface area contributed by atoms with E-state index >= 15 is 0 Å². The van der Waals surface area contributed by atoms with Gasteiger partial charge < -0.3 is 4.90 Å². The predicted octanol–water partition coefficient (Wildman–Crippen LogP) is 3.92. The molecular weight excluding hydrogens is 327 g/mol. The Balaban J connectivity index is 1.52. The Morgan fingerprint density at radius 2 is 2.00 bits per heavy atom. The molecule has 2 aromatic rings. The summed E-state index contributed by atoms with van der Waals surface area (Å²) < 4.78 is 13.9. The van der Waals surface area contributed by atoms with Crippen molar-refractivity contribution in [1.29, 1.82) is 0 Å². The van der Waals surface area contributed by atoms with Gasteiger partial charge >= 0.3 is 0 Å². The fraction of sp³-hybridized carbons (Fsp3) is 0.368. The van der Waals surface area contributed by atoms with Crippen molar-refractivity contribution < 1.29 is 9.18 Å². The third-order valence-corrected chi connectivity index (χ3v) is 5.53. The molecule has 1 saturated heterocycles. The topological polar surface area (TPSA) is 33.2 Å². The summed E-state index contributed by atoms with van der Waals surface area (Å²) in [6, 6.07) is 9.29. The SMILES string of the molecule is O=C(N1CCC(c2ccncc2F)C1)C1(c2ccc(Cl)cc2)CC1. The number of rotatable bonds is 3. The minimum absolute atomic E-state index is 0.0537. The number of hydrogen-bond acceptors (Lipinski definition) is 2. The molecule has 1 aromatic carbocycles. The first kappa shape index (κ1) is 15.6. The third kappa shape index (κ3) is 2.59. The van der Waals surface area contributed by atoms with E-state index in [-0.39, 0.29) is 17.6 Å². The first-order valence-electron chi connectivity index (χ1n) is 8.25. The minimum Gasteiger partial charge on any atom is -0.341 e. The quantitative estimate of drug-likeness (QED) is 0.845. The Hall–Kier alpha value is -1.94. The number of pyridine rings is 1. The van der Waals surface area contributed by atoms with Crippen LogP contribution in [-0.2, 0) is 10.2 Å². The van der Waals surface area contributed by atoms with Crippen molar-refractivity contribution in [3.05, 3.63) is 64.7 Å². The lowest BCUT2D eigenvalue weighted by Gasteiger charge is -2.24. The molecule has 1 atom stereocenters. The summed E-state index contributed by atoms with van der Waals surface area (Å²) in [4.78, 5) is 18.8. The van der Waals surface area contributed by atoms with E-state index in [9.17, 15) is 9.18 Å². The van der Waals surface area contributed by atoms with Crippen molar-refractivity contribution in [2.24, 2.45) is 0 Å². The van der Waals surface area contributed by atoms with Crippen LogP contribution >= 0.6 is 11.6 Å². The van der Waals surface area contributed by atoms with Crippen molar-refractivity contribution >= 4 is 17.5 Å². The maximum atomic E-state index is 13.9. The fourth-order valence-corrected chi connectivity index (χ4v) is 3.86. The normalized spacial score (nSPS) is 21.8. The third-order valence-electron chi connectivity index (χ3n) is 5.28. The standard InChI is InChI=1S/C19H18ClFN2O/c20-15-3-1-14(2-4-15)19(7-8-19)18(24)23-10-6-13(12-23)16-5-9-22-11-17(16)21/h1-5,9,11,13H,6-8,10,12H2. The van der Waals surface area contributed by atoms with Crippen LogP contribution in [-0.4, -0.2) is 28.9 Å². The van der Waals surface area contributed by atoms with E-state index in [1.807, 2.05) is 29.2 Å². The molecular formula is C19H18ClFN2O. The largest absolute Gasteiger partial charge is 0.341 e. The number of likely N-dealkylation sites (tertiary alicyclic amines) is 1. The first-order chi connectivity index (χ1) is 11.6. The van der Waals surface area contributed by atoms with Gasteiger partial charge in [0, 0.05) is 30.2 Å². The number of amides is 1. The monoisotopic (exact) mass is 344 g/mol. The summed E-state index contributed by atoms with van der Waals surface area (Å²) in [5, 5.41) is 0.677. The van der Waals surface area contributed by atoms with Crippen LogP contribution in [0.4, 0.5) is 4.39 Å². The lowest BCUT2D eigenvalue weighted by molar-refractivity contribution is -0.132. The summed E-state index contributed by atoms with van der Waals surface area (Å²) in [6.07, 6.45) is 5.40. The van der Waals surface area contributed by atoms with Gasteiger partial charge in [0.05, 0.1) is 11.6 Å². The van der Waals surface area contributed by atoms with Crippen molar-refractivity contribution in [2.75, 3.05) is 13.1 Å². The summed E-state index contributed by atoms with van der Waals surface area (Å²) >= 11 is 5.95. The molecule has 1 unspecified atom stereocenters. The molecule has 24 heavy (non-hydrogen) atoms. The number of carbonyl (C=O) groups excluding carboxylic acids is 1. The molecule has 124 valence electrons. The van der Waals surface area contributed by atoms with Gasteiger partial charge in [-0.3, -0.25) is 9.78 Å². The van der Waals surface area contributed by atoms with Crippen LogP contribution in [0.1, 0.15) is 36.3 Å². The van der Waals surface area contributed by atoms with Crippen LogP contribution in [0.3, 0.4) is 0 Å². The molecule has 0 radical (unpaired) electrons. The zero-order valence-corrected chi connectivity index (χ0v) is 14.0. The first-order valence-corrected chi connectivity index (χ1v) is 8.63. The Morgan fingerprint density at radius 3 is 2.67 bits per heavy atom. The van der Waals surface area contributed by atoms with Crippen LogP contribution in [0.5, 0.6) is 0 Å². The van der Waals surface area contributed by atoms with Crippen LogP contribution in [0.2, 0.25) is 5.02 Å². The summed E-state index contributed by atoms with van der Waals surface area (Å²) in [5.74, 6) is -0.0598. The summed E-state index contributed by atoms with van der Waals surface area (Å²) in [7, 11) is 0. The second-order valence-electron chi connectivity index (χ2n) is 6.72. The molecule has 0 spiro atoms. The molecule has 1 amide bonds. The zero-order valence-electron chi connectivity index (χ0n) is 13.2. The van der Waals surface area contributed by atoms with Crippen molar-refractivity contribution in [1.82, 2.24) is 9.88 Å². The number of aromatic nitrogens is 1. The Kier molecular flexibility index (Phi) is 3.80. The van der Waals surface area contributed by atoms with E-state index in [2.05, 4.69) is 4.98 Å². The number of benzene rings is 1. The molecule has 2 heterocycles. The Bertz CT molecular complexity index is 773. The maximum Gasteiger partial charge on any atom is 0.233 e. The molecule has 3 nitrogen and oxygen atoms in total. The number of nitrogens with zero attached hydrogens (tertiary/aromatic N) is 2. The lowest BCUT2D eigenvalue weighted by Crippen LogP contribution is -2.37. The molecule has 1 aromatic heterocycles. The summed E-state index contributed by atoms with van der Waals surface area (Å²) in [5.41, 5.74) is 1.31. The molecule has 1 saturated carbocycles. The highest BCUT2D eigenvalue weighted by atomic mass is 35.5. The lowest BCUT2D eigenvalue weighted by atomic mass is 9.94. The molecule has 0 N–H and O–H groups in total. The molecule has 5 heteroatoms. The van der Waals surface area contributed by atoms with Gasteiger partial charge in [-0.05, 0) is 48.6 Å². The maximum absolute atomic E-state index is 13.9. The van der Waals surface area contributed by atoms with Gasteiger partial charge in [0.25, 0.3) is 0 Å².